The van der Waals surface area contributed by atoms with Gasteiger partial charge >= 0.3 is 15.5 Å². The number of halogens is 3. The summed E-state index contributed by atoms with van der Waals surface area (Å²) in [6.07, 6.45) is 4.08. The van der Waals surface area contributed by atoms with Crippen LogP contribution in [0.25, 0.3) is 0 Å². The Morgan fingerprint density at radius 2 is 1.64 bits per heavy atom. The highest BCUT2D eigenvalue weighted by molar-refractivity contribution is 7.93. The minimum absolute atomic E-state index is 0. The second-order valence-corrected chi connectivity index (χ2v) is 5.70. The Morgan fingerprint density at radius 1 is 1.14 bits per heavy atom. The predicted molar refractivity (Wildman–Crippen MR) is 88.1 cm³/mol. The van der Waals surface area contributed by atoms with Crippen molar-refractivity contribution in [2.75, 3.05) is 10.5 Å². The fourth-order valence-electron chi connectivity index (χ4n) is 1.17. The zero-order valence-electron chi connectivity index (χ0n) is 11.4. The molecule has 1 rings (SSSR count). The van der Waals surface area contributed by atoms with Crippen LogP contribution in [0.1, 0.15) is 48.0 Å². The number of hydrogen-bond donors (Lipinski definition) is 2. The molecule has 0 unspecified atom stereocenters. The predicted octanol–water partition coefficient (Wildman–Crippen LogP) is 5.00. The largest absolute Gasteiger partial charge is 0.516 e. The molecule has 0 saturated carbocycles. The Bertz CT molecular complexity index is 501. The summed E-state index contributed by atoms with van der Waals surface area (Å²) in [5, 5.41) is 0. The van der Waals surface area contributed by atoms with Crippen LogP contribution < -0.4 is 10.5 Å². The zero-order valence-corrected chi connectivity index (χ0v) is 12.2. The second kappa shape index (κ2) is 11.2. The van der Waals surface area contributed by atoms with Crippen molar-refractivity contribution in [3.63, 3.8) is 0 Å². The van der Waals surface area contributed by atoms with Gasteiger partial charge in [-0.15, -0.1) is 0 Å². The van der Waals surface area contributed by atoms with E-state index in [9.17, 15) is 21.6 Å². The SMILES string of the molecule is C.C.CCCCC.Nc1cccc(NS(=O)(=O)C(F)(F)F)c1. The second-order valence-electron chi connectivity index (χ2n) is 4.03. The molecule has 1 aromatic rings. The van der Waals surface area contributed by atoms with Crippen molar-refractivity contribution in [1.82, 2.24) is 0 Å². The first-order valence-corrected chi connectivity index (χ1v) is 7.57. The van der Waals surface area contributed by atoms with Crippen molar-refractivity contribution >= 4 is 21.4 Å². The molecule has 0 aliphatic carbocycles. The van der Waals surface area contributed by atoms with E-state index in [-0.39, 0.29) is 26.2 Å². The molecule has 0 bridgehead atoms. The molecule has 4 nitrogen and oxygen atoms in total. The van der Waals surface area contributed by atoms with Gasteiger partial charge in [-0.3, -0.25) is 4.72 Å². The first kappa shape index (κ1) is 25.5. The van der Waals surface area contributed by atoms with E-state index in [2.05, 4.69) is 13.8 Å². The Hall–Kier alpha value is -1.44. The smallest absolute Gasteiger partial charge is 0.399 e. The van der Waals surface area contributed by atoms with Gasteiger partial charge in [-0.1, -0.05) is 54.0 Å². The number of nitrogens with one attached hydrogen (secondary N) is 1. The number of hydrogen-bond acceptors (Lipinski definition) is 3. The van der Waals surface area contributed by atoms with Crippen molar-refractivity contribution in [2.24, 2.45) is 0 Å². The van der Waals surface area contributed by atoms with Crippen LogP contribution in [0.5, 0.6) is 0 Å². The van der Waals surface area contributed by atoms with Crippen LogP contribution in [-0.2, 0) is 10.0 Å². The summed E-state index contributed by atoms with van der Waals surface area (Å²) in [7, 11) is -5.37. The van der Waals surface area contributed by atoms with Crippen molar-refractivity contribution in [2.45, 2.75) is 53.5 Å². The van der Waals surface area contributed by atoms with Gasteiger partial charge in [0, 0.05) is 5.69 Å². The number of nitrogen functional groups attached to an aromatic ring is 1. The molecule has 0 aliphatic rings. The highest BCUT2D eigenvalue weighted by Crippen LogP contribution is 2.25. The average Bonchev–Trinajstić information content (AvgIpc) is 2.28. The van der Waals surface area contributed by atoms with Crippen LogP contribution in [-0.4, -0.2) is 13.9 Å². The number of alkyl halides is 3. The van der Waals surface area contributed by atoms with E-state index < -0.39 is 15.5 Å². The number of rotatable bonds is 4. The van der Waals surface area contributed by atoms with Gasteiger partial charge in [0.2, 0.25) is 0 Å². The molecule has 0 atom stereocenters. The van der Waals surface area contributed by atoms with Crippen molar-refractivity contribution in [3.8, 4) is 0 Å². The van der Waals surface area contributed by atoms with E-state index in [1.54, 1.807) is 0 Å². The lowest BCUT2D eigenvalue weighted by molar-refractivity contribution is -0.0429. The fourth-order valence-corrected chi connectivity index (χ4v) is 1.72. The summed E-state index contributed by atoms with van der Waals surface area (Å²) in [5.41, 5.74) is -0.130. The molecular weight excluding hydrogens is 317 g/mol. The molecule has 0 aliphatic heterocycles. The first-order valence-electron chi connectivity index (χ1n) is 6.08. The van der Waals surface area contributed by atoms with Crippen molar-refractivity contribution < 1.29 is 21.6 Å². The first-order chi connectivity index (χ1) is 9.14. The molecular formula is C14H27F3N2O2S. The molecule has 0 radical (unpaired) electrons. The summed E-state index contributed by atoms with van der Waals surface area (Å²) in [6.45, 7) is 4.42. The maximum absolute atomic E-state index is 11.9. The Kier molecular flexibility index (Phi) is 13.0. The molecule has 22 heavy (non-hydrogen) atoms. The van der Waals surface area contributed by atoms with E-state index in [4.69, 9.17) is 5.73 Å². The highest BCUT2D eigenvalue weighted by Gasteiger charge is 2.45. The van der Waals surface area contributed by atoms with Gasteiger partial charge in [0.15, 0.2) is 0 Å². The third kappa shape index (κ3) is 9.49. The molecule has 0 saturated heterocycles. The molecule has 1 aromatic carbocycles. The minimum atomic E-state index is -5.37. The van der Waals surface area contributed by atoms with E-state index >= 15 is 0 Å². The molecule has 0 aromatic heterocycles. The topological polar surface area (TPSA) is 72.2 Å². The highest BCUT2D eigenvalue weighted by atomic mass is 32.2. The van der Waals surface area contributed by atoms with E-state index in [1.807, 2.05) is 0 Å². The maximum Gasteiger partial charge on any atom is 0.516 e. The Balaban J connectivity index is -0.000000452. The lowest BCUT2D eigenvalue weighted by Crippen LogP contribution is -2.29. The third-order valence-corrected chi connectivity index (χ3v) is 3.26. The number of sulfonamides is 1. The summed E-state index contributed by atoms with van der Waals surface area (Å²) >= 11 is 0. The fraction of sp³-hybridized carbons (Fsp3) is 0.571. The van der Waals surface area contributed by atoms with Gasteiger partial charge in [-0.05, 0) is 18.2 Å². The van der Waals surface area contributed by atoms with Crippen LogP contribution in [0.15, 0.2) is 24.3 Å². The standard InChI is InChI=1S/C7H7F3N2O2S.C5H12.2CH4/c8-7(9,10)15(13,14)12-6-3-1-2-5(11)4-6;1-3-5-4-2;;/h1-4,12H,11H2;3-5H2,1-2H3;2*1H4. The quantitative estimate of drug-likeness (QED) is 0.755. The Morgan fingerprint density at radius 3 is 1.95 bits per heavy atom. The van der Waals surface area contributed by atoms with Gasteiger partial charge in [0.1, 0.15) is 0 Å². The van der Waals surface area contributed by atoms with Crippen LogP contribution in [0.3, 0.4) is 0 Å². The molecule has 0 heterocycles. The maximum atomic E-state index is 11.9. The monoisotopic (exact) mass is 344 g/mol. The van der Waals surface area contributed by atoms with Crippen LogP contribution in [0.2, 0.25) is 0 Å². The minimum Gasteiger partial charge on any atom is -0.399 e. The molecule has 8 heteroatoms. The molecule has 0 spiro atoms. The van der Waals surface area contributed by atoms with Gasteiger partial charge in [0.05, 0.1) is 5.69 Å². The van der Waals surface area contributed by atoms with Gasteiger partial charge in [-0.25, -0.2) is 0 Å². The van der Waals surface area contributed by atoms with E-state index in [0.717, 1.165) is 6.07 Å². The summed E-state index contributed by atoms with van der Waals surface area (Å²) in [4.78, 5) is 0. The Labute approximate surface area is 132 Å². The molecule has 0 amide bonds. The van der Waals surface area contributed by atoms with Crippen LogP contribution in [0, 0.1) is 0 Å². The lowest BCUT2D eigenvalue weighted by Gasteiger charge is -2.10. The van der Waals surface area contributed by atoms with Crippen molar-refractivity contribution in [3.05, 3.63) is 24.3 Å². The number of benzene rings is 1. The van der Waals surface area contributed by atoms with Gasteiger partial charge in [-0.2, -0.15) is 21.6 Å². The zero-order chi connectivity index (χ0) is 15.8. The van der Waals surface area contributed by atoms with E-state index in [0.29, 0.717) is 0 Å². The molecule has 0 fully saturated rings. The number of unbranched alkanes of at least 4 members (excludes halogenated alkanes) is 2. The summed E-state index contributed by atoms with van der Waals surface area (Å²) in [5.74, 6) is 0. The van der Waals surface area contributed by atoms with Gasteiger partial charge < -0.3 is 5.73 Å². The number of anilines is 2. The molecule has 132 valence electrons. The lowest BCUT2D eigenvalue weighted by atomic mass is 10.3. The van der Waals surface area contributed by atoms with Crippen LogP contribution >= 0.6 is 0 Å². The average molecular weight is 344 g/mol. The third-order valence-electron chi connectivity index (χ3n) is 2.15. The number of nitrogens with two attached hydrogens (primary N) is 1. The normalized spacial score (nSPS) is 10.4. The van der Waals surface area contributed by atoms with Crippen molar-refractivity contribution in [1.29, 1.82) is 0 Å². The van der Waals surface area contributed by atoms with E-state index in [1.165, 1.54) is 42.2 Å². The molecule has 3 N–H and O–H groups in total. The van der Waals surface area contributed by atoms with Gasteiger partial charge in [0.25, 0.3) is 0 Å². The summed E-state index contributed by atoms with van der Waals surface area (Å²) in [6, 6.07) is 5.01. The van der Waals surface area contributed by atoms with Crippen LogP contribution in [0.4, 0.5) is 24.5 Å². The summed E-state index contributed by atoms with van der Waals surface area (Å²) < 4.78 is 58.5.